The van der Waals surface area contributed by atoms with Gasteiger partial charge >= 0.3 is 0 Å². The molecule has 7 heteroatoms. The van der Waals surface area contributed by atoms with Gasteiger partial charge in [0.05, 0.1) is 0 Å². The fourth-order valence-electron chi connectivity index (χ4n) is 1.90. The number of aromatic nitrogens is 3. The predicted molar refractivity (Wildman–Crippen MR) is 76.9 cm³/mol. The Morgan fingerprint density at radius 2 is 2.33 bits per heavy atom. The lowest BCUT2D eigenvalue weighted by molar-refractivity contribution is 0.370. The third-order valence-electron chi connectivity index (χ3n) is 3.04. The van der Waals surface area contributed by atoms with Crippen LogP contribution in [-0.2, 0) is 6.54 Å². The molecule has 0 spiro atoms. The van der Waals surface area contributed by atoms with Gasteiger partial charge in [0.1, 0.15) is 18.2 Å². The molecule has 0 aliphatic rings. The van der Waals surface area contributed by atoms with Crippen molar-refractivity contribution < 1.29 is 4.52 Å². The summed E-state index contributed by atoms with van der Waals surface area (Å²) in [5.74, 6) is 0.818. The van der Waals surface area contributed by atoms with Crippen molar-refractivity contribution in [2.24, 2.45) is 0 Å². The lowest BCUT2D eigenvalue weighted by Crippen LogP contribution is -2.23. The first-order chi connectivity index (χ1) is 10.2. The van der Waals surface area contributed by atoms with Gasteiger partial charge in [-0.25, -0.2) is 0 Å². The van der Waals surface area contributed by atoms with Crippen LogP contribution in [0.2, 0.25) is 0 Å². The van der Waals surface area contributed by atoms with E-state index in [9.17, 15) is 4.79 Å². The van der Waals surface area contributed by atoms with E-state index in [1.165, 1.54) is 4.57 Å². The number of pyridine rings is 1. The van der Waals surface area contributed by atoms with E-state index in [1.807, 2.05) is 22.9 Å². The van der Waals surface area contributed by atoms with Crippen LogP contribution in [0.25, 0.3) is 11.4 Å². The zero-order valence-electron chi connectivity index (χ0n) is 11.1. The van der Waals surface area contributed by atoms with Crippen LogP contribution in [0.15, 0.2) is 38.4 Å². The first-order valence-corrected chi connectivity index (χ1v) is 7.08. The molecule has 0 N–H and O–H groups in total. The lowest BCUT2D eigenvalue weighted by atomic mass is 10.2. The van der Waals surface area contributed by atoms with Gasteiger partial charge in [0.15, 0.2) is 0 Å². The van der Waals surface area contributed by atoms with Crippen LogP contribution in [0.4, 0.5) is 0 Å². The van der Waals surface area contributed by atoms with Gasteiger partial charge in [-0.05, 0) is 30.0 Å². The van der Waals surface area contributed by atoms with E-state index in [-0.39, 0.29) is 17.7 Å². The van der Waals surface area contributed by atoms with Gasteiger partial charge in [-0.15, -0.1) is 0 Å². The first-order valence-electron chi connectivity index (χ1n) is 6.14. The predicted octanol–water partition coefficient (Wildman–Crippen LogP) is 2.19. The minimum Gasteiger partial charge on any atom is -0.337 e. The summed E-state index contributed by atoms with van der Waals surface area (Å²) in [7, 11) is 0. The third-order valence-corrected chi connectivity index (χ3v) is 3.72. The van der Waals surface area contributed by atoms with E-state index in [0.29, 0.717) is 17.3 Å². The number of nitriles is 1. The minimum atomic E-state index is -0.354. The van der Waals surface area contributed by atoms with Crippen LogP contribution in [0, 0.1) is 18.3 Å². The molecule has 3 aromatic rings. The average molecular weight is 298 g/mol. The second-order valence-corrected chi connectivity index (χ2v) is 5.22. The van der Waals surface area contributed by atoms with Crippen LogP contribution in [-0.4, -0.2) is 14.7 Å². The zero-order valence-corrected chi connectivity index (χ0v) is 11.9. The van der Waals surface area contributed by atoms with Crippen LogP contribution in [0.1, 0.15) is 17.0 Å². The van der Waals surface area contributed by atoms with Crippen molar-refractivity contribution in [3.63, 3.8) is 0 Å². The van der Waals surface area contributed by atoms with E-state index >= 15 is 0 Å². The van der Waals surface area contributed by atoms with Gasteiger partial charge in [-0.1, -0.05) is 5.16 Å². The van der Waals surface area contributed by atoms with Gasteiger partial charge in [0, 0.05) is 17.1 Å². The molecule has 6 nitrogen and oxygen atoms in total. The number of hydrogen-bond donors (Lipinski definition) is 0. The zero-order chi connectivity index (χ0) is 14.8. The van der Waals surface area contributed by atoms with Gasteiger partial charge in [0.2, 0.25) is 11.7 Å². The summed E-state index contributed by atoms with van der Waals surface area (Å²) in [6.45, 7) is 1.87. The van der Waals surface area contributed by atoms with Gasteiger partial charge in [-0.3, -0.25) is 4.79 Å². The highest BCUT2D eigenvalue weighted by Gasteiger charge is 2.12. The maximum atomic E-state index is 12.1. The van der Waals surface area contributed by atoms with Crippen molar-refractivity contribution in [3.05, 3.63) is 56.5 Å². The van der Waals surface area contributed by atoms with Crippen molar-refractivity contribution >= 4 is 11.3 Å². The fraction of sp³-hybridized carbons (Fsp3) is 0.143. The van der Waals surface area contributed by atoms with Crippen LogP contribution >= 0.6 is 11.3 Å². The summed E-state index contributed by atoms with van der Waals surface area (Å²) in [6.07, 6.45) is 1.62. The molecule has 0 unspecified atom stereocenters. The van der Waals surface area contributed by atoms with E-state index in [2.05, 4.69) is 10.1 Å². The normalized spacial score (nSPS) is 10.5. The molecule has 3 heterocycles. The third kappa shape index (κ3) is 2.49. The molecule has 0 fully saturated rings. The molecule has 104 valence electrons. The molecular weight excluding hydrogens is 288 g/mol. The summed E-state index contributed by atoms with van der Waals surface area (Å²) >= 11 is 1.54. The Morgan fingerprint density at radius 1 is 1.48 bits per heavy atom. The molecule has 0 aliphatic carbocycles. The molecule has 3 rings (SSSR count). The Hall–Kier alpha value is -2.72. The Morgan fingerprint density at radius 3 is 3.05 bits per heavy atom. The van der Waals surface area contributed by atoms with Crippen molar-refractivity contribution in [2.75, 3.05) is 0 Å². The maximum absolute atomic E-state index is 12.1. The highest BCUT2D eigenvalue weighted by molar-refractivity contribution is 7.08. The number of aryl methyl sites for hydroxylation is 1. The standard InChI is InChI=1S/C14H10N4O2S/c1-9-2-4-18(14(19)11(9)6-15)7-12-16-13(17-20-12)10-3-5-21-8-10/h2-5,8H,7H2,1H3. The van der Waals surface area contributed by atoms with Gasteiger partial charge in [-0.2, -0.15) is 21.6 Å². The van der Waals surface area contributed by atoms with E-state index in [4.69, 9.17) is 9.78 Å². The first kappa shape index (κ1) is 13.3. The highest BCUT2D eigenvalue weighted by atomic mass is 32.1. The smallest absolute Gasteiger partial charge is 0.269 e. The second-order valence-electron chi connectivity index (χ2n) is 4.44. The Labute approximate surface area is 123 Å². The maximum Gasteiger partial charge on any atom is 0.269 e. The number of nitrogens with zero attached hydrogens (tertiary/aromatic N) is 4. The molecule has 21 heavy (non-hydrogen) atoms. The minimum absolute atomic E-state index is 0.134. The monoisotopic (exact) mass is 298 g/mol. The van der Waals surface area contributed by atoms with Gasteiger partial charge < -0.3 is 9.09 Å². The van der Waals surface area contributed by atoms with Crippen molar-refractivity contribution in [2.45, 2.75) is 13.5 Å². The molecule has 3 aromatic heterocycles. The second kappa shape index (κ2) is 5.34. The number of rotatable bonds is 3. The molecule has 0 radical (unpaired) electrons. The molecular formula is C14H10N4O2S. The molecule has 0 amide bonds. The SMILES string of the molecule is Cc1ccn(Cc2nc(-c3ccsc3)no2)c(=O)c1C#N. The van der Waals surface area contributed by atoms with Crippen molar-refractivity contribution in [1.29, 1.82) is 5.26 Å². The number of thiophene rings is 1. The van der Waals surface area contributed by atoms with E-state index in [1.54, 1.807) is 30.5 Å². The molecule has 0 atom stereocenters. The lowest BCUT2D eigenvalue weighted by Gasteiger charge is -2.03. The topological polar surface area (TPSA) is 84.7 Å². The quantitative estimate of drug-likeness (QED) is 0.740. The number of hydrogen-bond acceptors (Lipinski definition) is 6. The van der Waals surface area contributed by atoms with Crippen LogP contribution in [0.3, 0.4) is 0 Å². The summed E-state index contributed by atoms with van der Waals surface area (Å²) < 4.78 is 6.54. The molecule has 0 aliphatic heterocycles. The largest absolute Gasteiger partial charge is 0.337 e. The Bertz CT molecular complexity index is 871. The summed E-state index contributed by atoms with van der Waals surface area (Å²) in [5, 5.41) is 16.7. The molecule has 0 aromatic carbocycles. The van der Waals surface area contributed by atoms with Crippen LogP contribution < -0.4 is 5.56 Å². The summed E-state index contributed by atoms with van der Waals surface area (Å²) in [5.41, 5.74) is 1.31. The van der Waals surface area contributed by atoms with Crippen molar-refractivity contribution in [1.82, 2.24) is 14.7 Å². The van der Waals surface area contributed by atoms with E-state index < -0.39 is 0 Å². The molecule has 0 saturated heterocycles. The summed E-state index contributed by atoms with van der Waals surface area (Å²) in [4.78, 5) is 16.4. The molecule has 0 saturated carbocycles. The van der Waals surface area contributed by atoms with Crippen LogP contribution in [0.5, 0.6) is 0 Å². The molecule has 0 bridgehead atoms. The summed E-state index contributed by atoms with van der Waals surface area (Å²) in [6, 6.07) is 5.53. The fourth-order valence-corrected chi connectivity index (χ4v) is 2.53. The average Bonchev–Trinajstić information content (AvgIpc) is 3.13. The Kier molecular flexibility index (Phi) is 3.38. The van der Waals surface area contributed by atoms with Crippen molar-refractivity contribution in [3.8, 4) is 17.5 Å². The Balaban J connectivity index is 1.92. The van der Waals surface area contributed by atoms with E-state index in [0.717, 1.165) is 5.56 Å². The van der Waals surface area contributed by atoms with Gasteiger partial charge in [0.25, 0.3) is 5.56 Å². The highest BCUT2D eigenvalue weighted by Crippen LogP contribution is 2.18.